The molecule has 1 aromatic carbocycles. The molecule has 3 N–H and O–H groups in total. The third-order valence-electron chi connectivity index (χ3n) is 4.55. The number of carbonyl (C=O) groups excluding carboxylic acids is 1. The fourth-order valence-electron chi connectivity index (χ4n) is 2.97. The zero-order chi connectivity index (χ0) is 21.6. The molecule has 0 fully saturated rings. The number of rotatable bonds is 7. The molecular formula is C22H21N7O2. The van der Waals surface area contributed by atoms with Gasteiger partial charge in [-0.2, -0.15) is 0 Å². The standard InChI is InChI=1S/C22H21N7O2/c1-14-18(15(2)31-29-14)11-22(30)27-17-8-6-16(7-9-17)26-20-12-21(25-13-24-20)28-19-5-3-4-10-23-19/h3-10,12-13H,11H2,1-2H3,(H,27,30)(H2,23,24,25,26,28). The molecule has 31 heavy (non-hydrogen) atoms. The molecule has 0 unspecified atom stereocenters. The Kier molecular flexibility index (Phi) is 5.84. The van der Waals surface area contributed by atoms with Crippen molar-refractivity contribution in [3.63, 3.8) is 0 Å². The number of anilines is 5. The minimum absolute atomic E-state index is 0.129. The Morgan fingerprint density at radius 2 is 1.65 bits per heavy atom. The highest BCUT2D eigenvalue weighted by Gasteiger charge is 2.13. The number of nitrogens with zero attached hydrogens (tertiary/aromatic N) is 4. The van der Waals surface area contributed by atoms with Crippen molar-refractivity contribution in [2.45, 2.75) is 20.3 Å². The molecular weight excluding hydrogens is 394 g/mol. The highest BCUT2D eigenvalue weighted by Crippen LogP contribution is 2.20. The van der Waals surface area contributed by atoms with Crippen LogP contribution in [0.15, 0.2) is 65.6 Å². The van der Waals surface area contributed by atoms with E-state index in [1.165, 1.54) is 6.33 Å². The van der Waals surface area contributed by atoms with Gasteiger partial charge in [-0.1, -0.05) is 11.2 Å². The predicted octanol–water partition coefficient (Wildman–Crippen LogP) is 4.14. The van der Waals surface area contributed by atoms with Crippen molar-refractivity contribution in [1.29, 1.82) is 0 Å². The van der Waals surface area contributed by atoms with Gasteiger partial charge in [0.15, 0.2) is 0 Å². The number of hydrogen-bond acceptors (Lipinski definition) is 8. The molecule has 3 aromatic heterocycles. The first-order valence-electron chi connectivity index (χ1n) is 9.65. The van der Waals surface area contributed by atoms with Gasteiger partial charge in [-0.15, -0.1) is 0 Å². The van der Waals surface area contributed by atoms with E-state index in [2.05, 4.69) is 36.1 Å². The van der Waals surface area contributed by atoms with Crippen molar-refractivity contribution < 1.29 is 9.32 Å². The lowest BCUT2D eigenvalue weighted by Gasteiger charge is -2.09. The molecule has 1 amide bonds. The van der Waals surface area contributed by atoms with Crippen LogP contribution >= 0.6 is 0 Å². The molecule has 3 heterocycles. The second-order valence-electron chi connectivity index (χ2n) is 6.86. The van der Waals surface area contributed by atoms with E-state index in [-0.39, 0.29) is 12.3 Å². The number of benzene rings is 1. The smallest absolute Gasteiger partial charge is 0.228 e. The van der Waals surface area contributed by atoms with E-state index in [0.29, 0.717) is 28.9 Å². The molecule has 0 aliphatic heterocycles. The number of aromatic nitrogens is 4. The van der Waals surface area contributed by atoms with Crippen LogP contribution in [0.25, 0.3) is 0 Å². The highest BCUT2D eigenvalue weighted by atomic mass is 16.5. The van der Waals surface area contributed by atoms with E-state index in [4.69, 9.17) is 4.52 Å². The molecule has 0 bridgehead atoms. The Balaban J connectivity index is 1.36. The Bertz CT molecular complexity index is 1150. The second-order valence-corrected chi connectivity index (χ2v) is 6.86. The first-order valence-corrected chi connectivity index (χ1v) is 9.65. The van der Waals surface area contributed by atoms with Crippen LogP contribution < -0.4 is 16.0 Å². The van der Waals surface area contributed by atoms with Crippen LogP contribution in [0.3, 0.4) is 0 Å². The van der Waals surface area contributed by atoms with Crippen LogP contribution in [0, 0.1) is 13.8 Å². The van der Waals surface area contributed by atoms with Gasteiger partial charge in [-0.3, -0.25) is 4.79 Å². The van der Waals surface area contributed by atoms with Crippen LogP contribution in [0.1, 0.15) is 17.0 Å². The number of pyridine rings is 1. The lowest BCUT2D eigenvalue weighted by Crippen LogP contribution is -2.15. The molecule has 0 atom stereocenters. The molecule has 0 saturated heterocycles. The molecule has 0 spiro atoms. The lowest BCUT2D eigenvalue weighted by atomic mass is 10.1. The summed E-state index contributed by atoms with van der Waals surface area (Å²) >= 11 is 0. The van der Waals surface area contributed by atoms with Gasteiger partial charge in [0.1, 0.15) is 29.5 Å². The van der Waals surface area contributed by atoms with Crippen molar-refractivity contribution in [3.8, 4) is 0 Å². The summed E-state index contributed by atoms with van der Waals surface area (Å²) in [4.78, 5) is 25.0. The molecule has 9 nitrogen and oxygen atoms in total. The van der Waals surface area contributed by atoms with E-state index >= 15 is 0 Å². The minimum Gasteiger partial charge on any atom is -0.361 e. The molecule has 0 aliphatic carbocycles. The fraction of sp³-hybridized carbons (Fsp3) is 0.136. The molecule has 4 rings (SSSR count). The monoisotopic (exact) mass is 415 g/mol. The van der Waals surface area contributed by atoms with Crippen molar-refractivity contribution in [2.24, 2.45) is 0 Å². The van der Waals surface area contributed by atoms with Crippen molar-refractivity contribution >= 4 is 34.7 Å². The summed E-state index contributed by atoms with van der Waals surface area (Å²) in [5, 5.41) is 13.1. The third kappa shape index (κ3) is 5.21. The summed E-state index contributed by atoms with van der Waals surface area (Å²) in [7, 11) is 0. The summed E-state index contributed by atoms with van der Waals surface area (Å²) in [5.41, 5.74) is 3.07. The summed E-state index contributed by atoms with van der Waals surface area (Å²) in [6.45, 7) is 3.62. The Morgan fingerprint density at radius 3 is 2.32 bits per heavy atom. The maximum Gasteiger partial charge on any atom is 0.228 e. The maximum absolute atomic E-state index is 12.3. The third-order valence-corrected chi connectivity index (χ3v) is 4.55. The van der Waals surface area contributed by atoms with Gasteiger partial charge in [-0.05, 0) is 50.2 Å². The zero-order valence-corrected chi connectivity index (χ0v) is 17.1. The average molecular weight is 415 g/mol. The summed E-state index contributed by atoms with van der Waals surface area (Å²) in [6.07, 6.45) is 3.39. The average Bonchev–Trinajstić information content (AvgIpc) is 3.08. The fourth-order valence-corrected chi connectivity index (χ4v) is 2.97. The Hall–Kier alpha value is -4.27. The van der Waals surface area contributed by atoms with Crippen molar-refractivity contribution in [2.75, 3.05) is 16.0 Å². The van der Waals surface area contributed by atoms with E-state index in [1.54, 1.807) is 19.2 Å². The van der Waals surface area contributed by atoms with Gasteiger partial charge in [0.25, 0.3) is 0 Å². The minimum atomic E-state index is -0.129. The van der Waals surface area contributed by atoms with Gasteiger partial charge in [0, 0.05) is 29.2 Å². The number of aryl methyl sites for hydroxylation is 2. The van der Waals surface area contributed by atoms with Gasteiger partial charge in [0.05, 0.1) is 12.1 Å². The highest BCUT2D eigenvalue weighted by molar-refractivity contribution is 5.92. The van der Waals surface area contributed by atoms with Crippen LogP contribution in [-0.2, 0) is 11.2 Å². The van der Waals surface area contributed by atoms with Crippen LogP contribution in [0.4, 0.5) is 28.8 Å². The summed E-state index contributed by atoms with van der Waals surface area (Å²) < 4.78 is 5.10. The number of carbonyl (C=O) groups is 1. The van der Waals surface area contributed by atoms with Gasteiger partial charge >= 0.3 is 0 Å². The first-order chi connectivity index (χ1) is 15.1. The van der Waals surface area contributed by atoms with Gasteiger partial charge < -0.3 is 20.5 Å². The normalized spacial score (nSPS) is 10.5. The van der Waals surface area contributed by atoms with Crippen molar-refractivity contribution in [3.05, 3.63) is 78.1 Å². The van der Waals surface area contributed by atoms with E-state index < -0.39 is 0 Å². The first kappa shape index (κ1) is 20.0. The van der Waals surface area contributed by atoms with E-state index in [1.807, 2.05) is 49.4 Å². The topological polar surface area (TPSA) is 118 Å². The molecule has 0 radical (unpaired) electrons. The van der Waals surface area contributed by atoms with E-state index in [9.17, 15) is 4.79 Å². The Morgan fingerprint density at radius 1 is 0.903 bits per heavy atom. The predicted molar refractivity (Wildman–Crippen MR) is 118 cm³/mol. The largest absolute Gasteiger partial charge is 0.361 e. The molecule has 0 aliphatic rings. The SMILES string of the molecule is Cc1noc(C)c1CC(=O)Nc1ccc(Nc2cc(Nc3ccccn3)ncn2)cc1. The van der Waals surface area contributed by atoms with Crippen LogP contribution in [0.2, 0.25) is 0 Å². The molecule has 156 valence electrons. The zero-order valence-electron chi connectivity index (χ0n) is 17.1. The molecule has 4 aromatic rings. The quantitative estimate of drug-likeness (QED) is 0.412. The molecule has 9 heteroatoms. The number of amides is 1. The summed E-state index contributed by atoms with van der Waals surface area (Å²) in [6, 6.07) is 14.7. The Labute approximate surface area is 178 Å². The molecule has 0 saturated carbocycles. The number of nitrogens with one attached hydrogen (secondary N) is 3. The maximum atomic E-state index is 12.3. The van der Waals surface area contributed by atoms with Crippen molar-refractivity contribution in [1.82, 2.24) is 20.1 Å². The lowest BCUT2D eigenvalue weighted by molar-refractivity contribution is -0.115. The summed E-state index contributed by atoms with van der Waals surface area (Å²) in [5.74, 6) is 2.48. The number of hydrogen-bond donors (Lipinski definition) is 3. The van der Waals surface area contributed by atoms with Crippen LogP contribution in [-0.4, -0.2) is 26.0 Å². The van der Waals surface area contributed by atoms with Gasteiger partial charge in [0.2, 0.25) is 5.91 Å². The van der Waals surface area contributed by atoms with Gasteiger partial charge in [-0.25, -0.2) is 15.0 Å². The van der Waals surface area contributed by atoms with Crippen LogP contribution in [0.5, 0.6) is 0 Å². The second kappa shape index (κ2) is 9.04. The van der Waals surface area contributed by atoms with E-state index in [0.717, 1.165) is 16.9 Å².